The molecule has 3 aromatic carbocycles. The minimum absolute atomic E-state index is 0.172. The van der Waals surface area contributed by atoms with Crippen LogP contribution in [0.4, 0.5) is 5.69 Å². The van der Waals surface area contributed by atoms with E-state index in [0.717, 1.165) is 41.1 Å². The van der Waals surface area contributed by atoms with Crippen LogP contribution in [-0.4, -0.2) is 39.0 Å². The van der Waals surface area contributed by atoms with Gasteiger partial charge in [0, 0.05) is 28.3 Å². The molecule has 1 saturated carbocycles. The minimum atomic E-state index is -0.172. The average molecular weight is 471 g/mol. The summed E-state index contributed by atoms with van der Waals surface area (Å²) in [6, 6.07) is 19.4. The van der Waals surface area contributed by atoms with Crippen molar-refractivity contribution in [2.75, 3.05) is 26.6 Å². The molecule has 0 saturated heterocycles. The lowest BCUT2D eigenvalue weighted by atomic mass is 9.75. The first-order chi connectivity index (χ1) is 17.1. The van der Waals surface area contributed by atoms with Crippen molar-refractivity contribution in [3.8, 4) is 17.2 Å². The van der Waals surface area contributed by atoms with Gasteiger partial charge in [-0.3, -0.25) is 9.79 Å². The molecule has 0 radical (unpaired) electrons. The van der Waals surface area contributed by atoms with Gasteiger partial charge in [0.15, 0.2) is 11.5 Å². The number of amides is 1. The second-order valence-electron chi connectivity index (χ2n) is 8.99. The lowest BCUT2D eigenvalue weighted by molar-refractivity contribution is 0.102. The van der Waals surface area contributed by atoms with E-state index in [1.807, 2.05) is 30.3 Å². The number of nitrogens with zero attached hydrogens (tertiary/aromatic N) is 1. The molecule has 0 bridgehead atoms. The summed E-state index contributed by atoms with van der Waals surface area (Å²) < 4.78 is 16.4. The van der Waals surface area contributed by atoms with Gasteiger partial charge in [-0.05, 0) is 66.9 Å². The summed E-state index contributed by atoms with van der Waals surface area (Å²) in [5, 5.41) is 3.02. The van der Waals surface area contributed by atoms with Gasteiger partial charge >= 0.3 is 0 Å². The molecule has 35 heavy (non-hydrogen) atoms. The van der Waals surface area contributed by atoms with Crippen LogP contribution >= 0.6 is 0 Å². The van der Waals surface area contributed by atoms with Crippen LogP contribution in [0.3, 0.4) is 0 Å². The van der Waals surface area contributed by atoms with Crippen LogP contribution in [0.2, 0.25) is 0 Å². The number of methoxy groups -OCH3 is 3. The fourth-order valence-corrected chi connectivity index (χ4v) is 5.19. The Labute approximate surface area is 205 Å². The maximum absolute atomic E-state index is 12.8. The number of ether oxygens (including phenoxy) is 3. The van der Waals surface area contributed by atoms with Crippen molar-refractivity contribution in [3.63, 3.8) is 0 Å². The van der Waals surface area contributed by atoms with Gasteiger partial charge in [0.2, 0.25) is 0 Å². The number of hydrogen-bond acceptors (Lipinski definition) is 5. The lowest BCUT2D eigenvalue weighted by Crippen LogP contribution is -2.29. The number of hydrogen-bond donors (Lipinski definition) is 1. The van der Waals surface area contributed by atoms with Crippen molar-refractivity contribution < 1.29 is 19.0 Å². The minimum Gasteiger partial charge on any atom is -0.497 e. The van der Waals surface area contributed by atoms with E-state index in [2.05, 4.69) is 11.4 Å². The SMILES string of the molecule is COc1ccc(C(=O)Nc2cccc(C3=N[C@@H]4CCCC[C@@H]4c4cc(OC)c(OC)cc43)c2)cc1. The standard InChI is InChI=1S/C29H30N2O4/c1-33-21-13-11-18(12-14-21)29(32)30-20-8-6-7-19(15-20)28-24-17-27(35-3)26(34-2)16-23(24)22-9-4-5-10-25(22)31-28/h6-8,11-17,22,25H,4-5,9-10H2,1-3H3,(H,30,32)/t22-,25-/m1/s1. The summed E-state index contributed by atoms with van der Waals surface area (Å²) >= 11 is 0. The zero-order valence-electron chi connectivity index (χ0n) is 20.3. The third-order valence-electron chi connectivity index (χ3n) is 6.98. The highest BCUT2D eigenvalue weighted by atomic mass is 16.5. The Bertz CT molecular complexity index is 1270. The zero-order valence-corrected chi connectivity index (χ0v) is 20.3. The summed E-state index contributed by atoms with van der Waals surface area (Å²) in [7, 11) is 4.94. The molecule has 1 aliphatic carbocycles. The number of aliphatic imine (C=N–C) groups is 1. The van der Waals surface area contributed by atoms with Crippen LogP contribution in [0.1, 0.15) is 58.6 Å². The van der Waals surface area contributed by atoms with Crippen molar-refractivity contribution in [3.05, 3.63) is 82.9 Å². The molecule has 0 aromatic heterocycles. The van der Waals surface area contributed by atoms with Gasteiger partial charge in [-0.25, -0.2) is 0 Å². The predicted octanol–water partition coefficient (Wildman–Crippen LogP) is 5.84. The smallest absolute Gasteiger partial charge is 0.255 e. The highest BCUT2D eigenvalue weighted by Crippen LogP contribution is 2.44. The molecule has 2 atom stereocenters. The maximum atomic E-state index is 12.8. The van der Waals surface area contributed by atoms with Gasteiger partial charge < -0.3 is 19.5 Å². The molecule has 1 amide bonds. The van der Waals surface area contributed by atoms with Gasteiger partial charge in [0.25, 0.3) is 5.91 Å². The Hall–Kier alpha value is -3.80. The summed E-state index contributed by atoms with van der Waals surface area (Å²) in [5.74, 6) is 2.37. The van der Waals surface area contributed by atoms with E-state index in [9.17, 15) is 4.79 Å². The first-order valence-electron chi connectivity index (χ1n) is 12.0. The number of anilines is 1. The maximum Gasteiger partial charge on any atom is 0.255 e. The molecule has 6 heteroatoms. The summed E-state index contributed by atoms with van der Waals surface area (Å²) in [6.07, 6.45) is 4.61. The quantitative estimate of drug-likeness (QED) is 0.491. The second-order valence-corrected chi connectivity index (χ2v) is 8.99. The third kappa shape index (κ3) is 4.48. The highest BCUT2D eigenvalue weighted by molar-refractivity contribution is 6.15. The predicted molar refractivity (Wildman–Crippen MR) is 138 cm³/mol. The summed E-state index contributed by atoms with van der Waals surface area (Å²) in [4.78, 5) is 18.1. The Morgan fingerprint density at radius 3 is 2.37 bits per heavy atom. The van der Waals surface area contributed by atoms with Crippen LogP contribution in [-0.2, 0) is 0 Å². The zero-order chi connectivity index (χ0) is 24.4. The van der Waals surface area contributed by atoms with E-state index in [4.69, 9.17) is 19.2 Å². The molecule has 0 unspecified atom stereocenters. The van der Waals surface area contributed by atoms with Gasteiger partial charge in [0.05, 0.1) is 33.1 Å². The first kappa shape index (κ1) is 23.0. The van der Waals surface area contributed by atoms with E-state index >= 15 is 0 Å². The number of benzene rings is 3. The van der Waals surface area contributed by atoms with Gasteiger partial charge in [-0.15, -0.1) is 0 Å². The number of nitrogens with one attached hydrogen (secondary N) is 1. The van der Waals surface area contributed by atoms with Gasteiger partial charge in [0.1, 0.15) is 5.75 Å². The van der Waals surface area contributed by atoms with E-state index in [-0.39, 0.29) is 11.9 Å². The lowest BCUT2D eigenvalue weighted by Gasteiger charge is -2.35. The van der Waals surface area contributed by atoms with Crippen molar-refractivity contribution in [1.82, 2.24) is 0 Å². The van der Waals surface area contributed by atoms with Gasteiger partial charge in [-0.1, -0.05) is 25.0 Å². The highest BCUT2D eigenvalue weighted by Gasteiger charge is 2.34. The molecule has 180 valence electrons. The Kier molecular flexibility index (Phi) is 6.45. The molecule has 1 aliphatic heterocycles. The van der Waals surface area contributed by atoms with E-state index in [0.29, 0.717) is 23.0 Å². The molecule has 1 N–H and O–H groups in total. The molecule has 1 heterocycles. The molecule has 6 nitrogen and oxygen atoms in total. The van der Waals surface area contributed by atoms with E-state index in [1.165, 1.54) is 18.4 Å². The topological polar surface area (TPSA) is 69.2 Å². The molecule has 0 spiro atoms. The Morgan fingerprint density at radius 2 is 1.63 bits per heavy atom. The molecule has 3 aromatic rings. The summed E-state index contributed by atoms with van der Waals surface area (Å²) in [5.41, 5.74) is 5.53. The fraction of sp³-hybridized carbons (Fsp3) is 0.310. The van der Waals surface area contributed by atoms with Crippen molar-refractivity contribution in [2.45, 2.75) is 37.6 Å². The first-order valence-corrected chi connectivity index (χ1v) is 12.0. The number of carbonyl (C=O) groups is 1. The van der Waals surface area contributed by atoms with Crippen LogP contribution in [0.25, 0.3) is 0 Å². The van der Waals surface area contributed by atoms with E-state index < -0.39 is 0 Å². The number of rotatable bonds is 6. The molecule has 2 aliphatic rings. The van der Waals surface area contributed by atoms with E-state index in [1.54, 1.807) is 45.6 Å². The normalized spacial score (nSPS) is 18.5. The Morgan fingerprint density at radius 1 is 0.886 bits per heavy atom. The van der Waals surface area contributed by atoms with Gasteiger partial charge in [-0.2, -0.15) is 0 Å². The molecular weight excluding hydrogens is 440 g/mol. The third-order valence-corrected chi connectivity index (χ3v) is 6.98. The van der Waals surface area contributed by atoms with Crippen LogP contribution in [0.15, 0.2) is 65.7 Å². The second kappa shape index (κ2) is 9.82. The molecular formula is C29H30N2O4. The molecule has 1 fully saturated rings. The van der Waals surface area contributed by atoms with Crippen molar-refractivity contribution in [1.29, 1.82) is 0 Å². The number of fused-ring (bicyclic) bond motifs is 3. The molecule has 5 rings (SSSR count). The monoisotopic (exact) mass is 470 g/mol. The average Bonchev–Trinajstić information content (AvgIpc) is 2.91. The van der Waals surface area contributed by atoms with Crippen LogP contribution < -0.4 is 19.5 Å². The number of carbonyl (C=O) groups excluding carboxylic acids is 1. The Balaban J connectivity index is 1.50. The van der Waals surface area contributed by atoms with Crippen LogP contribution in [0.5, 0.6) is 17.2 Å². The summed E-state index contributed by atoms with van der Waals surface area (Å²) in [6.45, 7) is 0. The fourth-order valence-electron chi connectivity index (χ4n) is 5.19. The van der Waals surface area contributed by atoms with Crippen molar-refractivity contribution >= 4 is 17.3 Å². The largest absolute Gasteiger partial charge is 0.497 e. The van der Waals surface area contributed by atoms with Crippen LogP contribution in [0, 0.1) is 0 Å². The van der Waals surface area contributed by atoms with Crippen molar-refractivity contribution in [2.24, 2.45) is 4.99 Å².